The van der Waals surface area contributed by atoms with Crippen LogP contribution in [0.25, 0.3) is 0 Å². The maximum Gasteiger partial charge on any atom is 0.324 e. The molecule has 19 heavy (non-hydrogen) atoms. The monoisotopic (exact) mass is 264 g/mol. The van der Waals surface area contributed by atoms with Crippen molar-refractivity contribution in [1.82, 2.24) is 0 Å². The Morgan fingerprint density at radius 3 is 1.58 bits per heavy atom. The quantitative estimate of drug-likeness (QED) is 0.621. The van der Waals surface area contributed by atoms with Crippen molar-refractivity contribution in [3.8, 4) is 0 Å². The summed E-state index contributed by atoms with van der Waals surface area (Å²) in [5.74, 6) is -2.21. The summed E-state index contributed by atoms with van der Waals surface area (Å²) in [7, 11) is 2.54. The minimum atomic E-state index is -1.02. The van der Waals surface area contributed by atoms with Crippen LogP contribution in [0.3, 0.4) is 0 Å². The molecule has 0 aliphatic heterocycles. The number of benzene rings is 1. The predicted molar refractivity (Wildman–Crippen MR) is 72.2 cm³/mol. The molecule has 4 nitrogen and oxygen atoms in total. The van der Waals surface area contributed by atoms with Crippen LogP contribution in [0.15, 0.2) is 6.07 Å². The predicted octanol–water partition coefficient (Wildman–Crippen LogP) is 2.35. The Balaban J connectivity index is 3.55. The van der Waals surface area contributed by atoms with Gasteiger partial charge in [-0.05, 0) is 55.5 Å². The fourth-order valence-corrected chi connectivity index (χ4v) is 2.25. The topological polar surface area (TPSA) is 52.6 Å². The minimum absolute atomic E-state index is 0.594. The molecule has 0 N–H and O–H groups in total. The van der Waals surface area contributed by atoms with E-state index in [1.54, 1.807) is 0 Å². The lowest BCUT2D eigenvalue weighted by atomic mass is 9.86. The summed E-state index contributed by atoms with van der Waals surface area (Å²) >= 11 is 0. The summed E-state index contributed by atoms with van der Waals surface area (Å²) in [6, 6.07) is 2.04. The molecule has 1 rings (SSSR count). The van der Waals surface area contributed by atoms with Crippen molar-refractivity contribution in [2.24, 2.45) is 0 Å². The molecule has 0 aliphatic rings. The standard InChI is InChI=1S/C15H20O4/c1-8-7-9(2)11(4)12(10(8)3)13(14(16)18-5)15(17)19-6/h7,13H,1-6H3. The molecule has 0 fully saturated rings. The van der Waals surface area contributed by atoms with Gasteiger partial charge < -0.3 is 9.47 Å². The molecule has 0 unspecified atom stereocenters. The van der Waals surface area contributed by atoms with Gasteiger partial charge in [0.05, 0.1) is 14.2 Å². The van der Waals surface area contributed by atoms with Crippen molar-refractivity contribution in [3.05, 3.63) is 33.9 Å². The SMILES string of the molecule is COC(=O)C(C(=O)OC)c1c(C)c(C)cc(C)c1C. The number of rotatable bonds is 3. The third-order valence-electron chi connectivity index (χ3n) is 3.59. The Morgan fingerprint density at radius 2 is 1.26 bits per heavy atom. The highest BCUT2D eigenvalue weighted by Crippen LogP contribution is 2.30. The van der Waals surface area contributed by atoms with Crippen LogP contribution in [0.5, 0.6) is 0 Å². The first-order valence-corrected chi connectivity index (χ1v) is 6.08. The summed E-state index contributed by atoms with van der Waals surface area (Å²) < 4.78 is 9.48. The smallest absolute Gasteiger partial charge is 0.324 e. The van der Waals surface area contributed by atoms with E-state index in [1.807, 2.05) is 33.8 Å². The van der Waals surface area contributed by atoms with Crippen LogP contribution >= 0.6 is 0 Å². The van der Waals surface area contributed by atoms with Crippen LogP contribution in [-0.4, -0.2) is 26.2 Å². The van der Waals surface area contributed by atoms with E-state index in [-0.39, 0.29) is 0 Å². The molecule has 1 aromatic rings. The molecule has 0 saturated heterocycles. The van der Waals surface area contributed by atoms with Gasteiger partial charge in [0.1, 0.15) is 0 Å². The number of hydrogen-bond acceptors (Lipinski definition) is 4. The number of carbonyl (C=O) groups is 2. The molecule has 4 heteroatoms. The van der Waals surface area contributed by atoms with E-state index < -0.39 is 17.9 Å². The lowest BCUT2D eigenvalue weighted by Crippen LogP contribution is -2.26. The zero-order valence-corrected chi connectivity index (χ0v) is 12.3. The van der Waals surface area contributed by atoms with Crippen molar-refractivity contribution in [3.63, 3.8) is 0 Å². The Labute approximate surface area is 113 Å². The van der Waals surface area contributed by atoms with Crippen LogP contribution in [0.2, 0.25) is 0 Å². The van der Waals surface area contributed by atoms with Gasteiger partial charge in [0.25, 0.3) is 0 Å². The van der Waals surface area contributed by atoms with Gasteiger partial charge in [-0.1, -0.05) is 6.07 Å². The molecule has 0 aliphatic carbocycles. The lowest BCUT2D eigenvalue weighted by Gasteiger charge is -2.20. The fraction of sp³-hybridized carbons (Fsp3) is 0.467. The zero-order valence-electron chi connectivity index (χ0n) is 12.3. The normalized spacial score (nSPS) is 10.5. The maximum absolute atomic E-state index is 11.9. The third kappa shape index (κ3) is 2.78. The molecule has 0 heterocycles. The summed E-state index contributed by atoms with van der Waals surface area (Å²) in [6.45, 7) is 7.71. The summed E-state index contributed by atoms with van der Waals surface area (Å²) in [5, 5.41) is 0. The van der Waals surface area contributed by atoms with Crippen molar-refractivity contribution in [1.29, 1.82) is 0 Å². The van der Waals surface area contributed by atoms with Crippen LogP contribution < -0.4 is 0 Å². The van der Waals surface area contributed by atoms with Gasteiger partial charge in [-0.15, -0.1) is 0 Å². The second-order valence-corrected chi connectivity index (χ2v) is 4.65. The Hall–Kier alpha value is -1.84. The van der Waals surface area contributed by atoms with E-state index >= 15 is 0 Å². The average Bonchev–Trinajstić information content (AvgIpc) is 2.39. The van der Waals surface area contributed by atoms with Gasteiger partial charge >= 0.3 is 11.9 Å². The summed E-state index contributed by atoms with van der Waals surface area (Å²) in [6.07, 6.45) is 0. The Kier molecular flexibility index (Phi) is 4.70. The third-order valence-corrected chi connectivity index (χ3v) is 3.59. The molecule has 0 saturated carbocycles. The van der Waals surface area contributed by atoms with E-state index in [1.165, 1.54) is 14.2 Å². The number of esters is 2. The molecule has 0 aromatic heterocycles. The number of aryl methyl sites for hydroxylation is 2. The first kappa shape index (κ1) is 15.2. The molecule has 0 radical (unpaired) electrons. The van der Waals surface area contributed by atoms with E-state index in [4.69, 9.17) is 9.47 Å². The summed E-state index contributed by atoms with van der Waals surface area (Å²) in [5.41, 5.74) is 4.61. The highest BCUT2D eigenvalue weighted by molar-refractivity contribution is 6.01. The molecule has 0 atom stereocenters. The molecule has 0 spiro atoms. The van der Waals surface area contributed by atoms with Crippen molar-refractivity contribution < 1.29 is 19.1 Å². The molecule has 0 amide bonds. The zero-order chi connectivity index (χ0) is 14.7. The first-order chi connectivity index (χ1) is 8.84. The van der Waals surface area contributed by atoms with Crippen LogP contribution in [-0.2, 0) is 19.1 Å². The Morgan fingerprint density at radius 1 is 0.895 bits per heavy atom. The van der Waals surface area contributed by atoms with E-state index in [0.29, 0.717) is 5.56 Å². The highest BCUT2D eigenvalue weighted by Gasteiger charge is 2.33. The number of ether oxygens (including phenoxy) is 2. The van der Waals surface area contributed by atoms with Gasteiger partial charge in [0.2, 0.25) is 0 Å². The molecular formula is C15H20O4. The van der Waals surface area contributed by atoms with Gasteiger partial charge in [0.15, 0.2) is 5.92 Å². The number of carbonyl (C=O) groups excluding carboxylic acids is 2. The van der Waals surface area contributed by atoms with Crippen molar-refractivity contribution in [2.45, 2.75) is 33.6 Å². The summed E-state index contributed by atoms with van der Waals surface area (Å²) in [4.78, 5) is 23.8. The van der Waals surface area contributed by atoms with E-state index in [0.717, 1.165) is 22.3 Å². The molecular weight excluding hydrogens is 244 g/mol. The van der Waals surface area contributed by atoms with E-state index in [2.05, 4.69) is 0 Å². The maximum atomic E-state index is 11.9. The molecule has 104 valence electrons. The second-order valence-electron chi connectivity index (χ2n) is 4.65. The number of methoxy groups -OCH3 is 2. The van der Waals surface area contributed by atoms with Crippen LogP contribution in [0.4, 0.5) is 0 Å². The molecule has 1 aromatic carbocycles. The highest BCUT2D eigenvalue weighted by atomic mass is 16.5. The van der Waals surface area contributed by atoms with Gasteiger partial charge in [-0.25, -0.2) is 0 Å². The van der Waals surface area contributed by atoms with Gasteiger partial charge in [0, 0.05) is 0 Å². The van der Waals surface area contributed by atoms with Gasteiger partial charge in [-0.2, -0.15) is 0 Å². The van der Waals surface area contributed by atoms with Crippen LogP contribution in [0.1, 0.15) is 33.7 Å². The average molecular weight is 264 g/mol. The molecule has 0 bridgehead atoms. The minimum Gasteiger partial charge on any atom is -0.468 e. The lowest BCUT2D eigenvalue weighted by molar-refractivity contribution is -0.154. The van der Waals surface area contributed by atoms with E-state index in [9.17, 15) is 9.59 Å². The Bertz CT molecular complexity index is 475. The number of hydrogen-bond donors (Lipinski definition) is 0. The van der Waals surface area contributed by atoms with Crippen LogP contribution in [0, 0.1) is 27.7 Å². The second kappa shape index (κ2) is 5.87. The fourth-order valence-electron chi connectivity index (χ4n) is 2.25. The van der Waals surface area contributed by atoms with Gasteiger partial charge in [-0.3, -0.25) is 9.59 Å². The van der Waals surface area contributed by atoms with Crippen molar-refractivity contribution in [2.75, 3.05) is 14.2 Å². The van der Waals surface area contributed by atoms with Crippen molar-refractivity contribution >= 4 is 11.9 Å². The largest absolute Gasteiger partial charge is 0.468 e. The first-order valence-electron chi connectivity index (χ1n) is 6.08.